The molecule has 0 radical (unpaired) electrons. The number of fused-ring (bicyclic) bond motifs is 1. The highest BCUT2D eigenvalue weighted by molar-refractivity contribution is 5.74. The second kappa shape index (κ2) is 8.31. The lowest BCUT2D eigenvalue weighted by Gasteiger charge is -2.36. The Morgan fingerprint density at radius 1 is 1.04 bits per heavy atom. The number of aromatic nitrogens is 1. The van der Waals surface area contributed by atoms with Gasteiger partial charge in [-0.1, -0.05) is 12.1 Å². The van der Waals surface area contributed by atoms with E-state index in [1.54, 1.807) is 7.11 Å². The number of hydrogen-bond acceptors (Lipinski definition) is 6. The van der Waals surface area contributed by atoms with Crippen molar-refractivity contribution in [2.45, 2.75) is 6.42 Å². The van der Waals surface area contributed by atoms with Crippen LogP contribution in [0.15, 0.2) is 52.9 Å². The molecule has 0 atom stereocenters. The number of ether oxygens (including phenoxy) is 1. The van der Waals surface area contributed by atoms with Crippen molar-refractivity contribution in [3.63, 3.8) is 0 Å². The van der Waals surface area contributed by atoms with Crippen LogP contribution in [0.3, 0.4) is 0 Å². The molecule has 2 aromatic carbocycles. The van der Waals surface area contributed by atoms with Crippen LogP contribution in [0.5, 0.6) is 5.75 Å². The lowest BCUT2D eigenvalue weighted by molar-refractivity contribution is 0.257. The molecule has 1 N–H and O–H groups in total. The van der Waals surface area contributed by atoms with Gasteiger partial charge in [0.1, 0.15) is 11.3 Å². The number of methoxy groups -OCH3 is 1. The quantitative estimate of drug-likeness (QED) is 0.646. The summed E-state index contributed by atoms with van der Waals surface area (Å²) in [5.74, 6) is 0.906. The summed E-state index contributed by atoms with van der Waals surface area (Å²) in [5, 5.41) is 3.29. The van der Waals surface area contributed by atoms with Gasteiger partial charge in [0.05, 0.1) is 7.11 Å². The van der Waals surface area contributed by atoms with Crippen LogP contribution in [0, 0.1) is 0 Å². The van der Waals surface area contributed by atoms with Gasteiger partial charge in [0.15, 0.2) is 5.58 Å². The monoisotopic (exact) mass is 366 g/mol. The lowest BCUT2D eigenvalue weighted by Crippen LogP contribution is -2.46. The van der Waals surface area contributed by atoms with Crippen molar-refractivity contribution in [1.82, 2.24) is 9.88 Å². The summed E-state index contributed by atoms with van der Waals surface area (Å²) >= 11 is 0. The minimum absolute atomic E-state index is 0.612. The van der Waals surface area contributed by atoms with Gasteiger partial charge in [0, 0.05) is 38.4 Å². The standard InChI is InChI=1S/C21H26N4O2/c1-26-18-9-7-17(8-10-18)25-15-13-24(14-16-25)12-4-11-22-21-23-19-5-2-3-6-20(19)27-21/h2-3,5-10H,4,11-16H2,1H3,(H,22,23). The van der Waals surface area contributed by atoms with Gasteiger partial charge in [-0.15, -0.1) is 0 Å². The van der Waals surface area contributed by atoms with Gasteiger partial charge >= 0.3 is 0 Å². The van der Waals surface area contributed by atoms with Crippen LogP contribution in [0.1, 0.15) is 6.42 Å². The molecule has 27 heavy (non-hydrogen) atoms. The molecule has 142 valence electrons. The molecule has 4 rings (SSSR count). The number of para-hydroxylation sites is 2. The van der Waals surface area contributed by atoms with Crippen LogP contribution in [-0.4, -0.2) is 56.3 Å². The van der Waals surface area contributed by atoms with Crippen LogP contribution >= 0.6 is 0 Å². The zero-order valence-corrected chi connectivity index (χ0v) is 15.7. The molecular formula is C21H26N4O2. The summed E-state index contributed by atoms with van der Waals surface area (Å²) < 4.78 is 10.9. The Kier molecular flexibility index (Phi) is 5.44. The predicted molar refractivity (Wildman–Crippen MR) is 109 cm³/mol. The average molecular weight is 366 g/mol. The number of rotatable bonds is 7. The molecule has 0 amide bonds. The van der Waals surface area contributed by atoms with E-state index in [1.165, 1.54) is 5.69 Å². The molecule has 1 aliphatic rings. The topological polar surface area (TPSA) is 53.8 Å². The molecule has 3 aromatic rings. The van der Waals surface area contributed by atoms with Crippen molar-refractivity contribution in [3.05, 3.63) is 48.5 Å². The van der Waals surface area contributed by atoms with Crippen molar-refractivity contribution in [2.75, 3.05) is 56.6 Å². The van der Waals surface area contributed by atoms with Gasteiger partial charge < -0.3 is 19.4 Å². The molecule has 6 heteroatoms. The van der Waals surface area contributed by atoms with Crippen LogP contribution in [0.4, 0.5) is 11.7 Å². The highest BCUT2D eigenvalue weighted by atomic mass is 16.5. The number of nitrogens with zero attached hydrogens (tertiary/aromatic N) is 3. The minimum atomic E-state index is 0.612. The Hall–Kier alpha value is -2.73. The number of hydrogen-bond donors (Lipinski definition) is 1. The normalized spacial score (nSPS) is 15.2. The van der Waals surface area contributed by atoms with E-state index in [0.717, 1.165) is 62.5 Å². The zero-order chi connectivity index (χ0) is 18.5. The van der Waals surface area contributed by atoms with E-state index >= 15 is 0 Å². The number of nitrogens with one attached hydrogen (secondary N) is 1. The Balaban J connectivity index is 1.18. The summed E-state index contributed by atoms with van der Waals surface area (Å²) in [4.78, 5) is 9.40. The molecule has 0 aliphatic carbocycles. The number of oxazole rings is 1. The molecule has 0 spiro atoms. The molecule has 1 aliphatic heterocycles. The molecule has 2 heterocycles. The second-order valence-corrected chi connectivity index (χ2v) is 6.79. The summed E-state index contributed by atoms with van der Waals surface area (Å²) in [6, 6.07) is 16.8. The second-order valence-electron chi connectivity index (χ2n) is 6.79. The van der Waals surface area contributed by atoms with Crippen molar-refractivity contribution < 1.29 is 9.15 Å². The number of anilines is 2. The summed E-state index contributed by atoms with van der Waals surface area (Å²) in [6.07, 6.45) is 1.07. The molecular weight excluding hydrogens is 340 g/mol. The Labute approximate surface area is 159 Å². The highest BCUT2D eigenvalue weighted by Crippen LogP contribution is 2.21. The van der Waals surface area contributed by atoms with Crippen molar-refractivity contribution in [1.29, 1.82) is 0 Å². The summed E-state index contributed by atoms with van der Waals surface area (Å²) in [6.45, 7) is 6.26. The maximum absolute atomic E-state index is 5.69. The van der Waals surface area contributed by atoms with E-state index in [0.29, 0.717) is 6.01 Å². The molecule has 0 saturated carbocycles. The third-order valence-corrected chi connectivity index (χ3v) is 5.03. The maximum atomic E-state index is 5.69. The van der Waals surface area contributed by atoms with Gasteiger partial charge in [-0.2, -0.15) is 4.98 Å². The largest absolute Gasteiger partial charge is 0.497 e. The first-order valence-corrected chi connectivity index (χ1v) is 9.52. The van der Waals surface area contributed by atoms with Crippen LogP contribution in [0.25, 0.3) is 11.1 Å². The van der Waals surface area contributed by atoms with E-state index in [2.05, 4.69) is 32.2 Å². The molecule has 0 unspecified atom stereocenters. The number of benzene rings is 2. The Morgan fingerprint density at radius 2 is 1.81 bits per heavy atom. The van der Waals surface area contributed by atoms with E-state index in [4.69, 9.17) is 9.15 Å². The van der Waals surface area contributed by atoms with E-state index in [9.17, 15) is 0 Å². The van der Waals surface area contributed by atoms with Crippen molar-refractivity contribution in [3.8, 4) is 5.75 Å². The first kappa shape index (κ1) is 17.7. The summed E-state index contributed by atoms with van der Waals surface area (Å²) in [7, 11) is 1.70. The van der Waals surface area contributed by atoms with E-state index in [-0.39, 0.29) is 0 Å². The van der Waals surface area contributed by atoms with Gasteiger partial charge in [-0.25, -0.2) is 0 Å². The van der Waals surface area contributed by atoms with Crippen LogP contribution < -0.4 is 15.0 Å². The third-order valence-electron chi connectivity index (χ3n) is 5.03. The molecule has 6 nitrogen and oxygen atoms in total. The van der Waals surface area contributed by atoms with Crippen molar-refractivity contribution in [2.24, 2.45) is 0 Å². The smallest absolute Gasteiger partial charge is 0.295 e. The predicted octanol–water partition coefficient (Wildman–Crippen LogP) is 3.46. The van der Waals surface area contributed by atoms with Gasteiger partial charge in [0.2, 0.25) is 0 Å². The molecule has 1 saturated heterocycles. The molecule has 1 aromatic heterocycles. The fourth-order valence-corrected chi connectivity index (χ4v) is 3.47. The first-order valence-electron chi connectivity index (χ1n) is 9.52. The van der Waals surface area contributed by atoms with E-state index < -0.39 is 0 Å². The minimum Gasteiger partial charge on any atom is -0.497 e. The van der Waals surface area contributed by atoms with Gasteiger partial charge in [-0.05, 0) is 49.4 Å². The Bertz CT molecular complexity index is 821. The van der Waals surface area contributed by atoms with Gasteiger partial charge in [-0.3, -0.25) is 4.90 Å². The molecule has 0 bridgehead atoms. The third kappa shape index (κ3) is 4.34. The van der Waals surface area contributed by atoms with Gasteiger partial charge in [0.25, 0.3) is 6.01 Å². The van der Waals surface area contributed by atoms with Crippen LogP contribution in [0.2, 0.25) is 0 Å². The fourth-order valence-electron chi connectivity index (χ4n) is 3.47. The number of piperazine rings is 1. The Morgan fingerprint density at radius 3 is 2.56 bits per heavy atom. The molecule has 1 fully saturated rings. The lowest BCUT2D eigenvalue weighted by atomic mass is 10.2. The zero-order valence-electron chi connectivity index (χ0n) is 15.7. The summed E-state index contributed by atoms with van der Waals surface area (Å²) in [5.41, 5.74) is 3.00. The fraction of sp³-hybridized carbons (Fsp3) is 0.381. The van der Waals surface area contributed by atoms with E-state index in [1.807, 2.05) is 36.4 Å². The SMILES string of the molecule is COc1ccc(N2CCN(CCCNc3nc4ccccc4o3)CC2)cc1. The highest BCUT2D eigenvalue weighted by Gasteiger charge is 2.16. The van der Waals surface area contributed by atoms with Crippen molar-refractivity contribution >= 4 is 22.8 Å². The first-order chi connectivity index (χ1) is 13.3. The van der Waals surface area contributed by atoms with Crippen LogP contribution in [-0.2, 0) is 0 Å². The average Bonchev–Trinajstić information content (AvgIpc) is 3.15. The maximum Gasteiger partial charge on any atom is 0.295 e.